The third-order valence-electron chi connectivity index (χ3n) is 5.31. The number of hydrogen-bond acceptors (Lipinski definition) is 2. The molecular formula is C23H28N2O2. The number of hydrogen-bond donors (Lipinski definition) is 1. The molecule has 0 saturated heterocycles. The SMILES string of the molecule is CC(=O)NC1CCC(N(CCc2ccccc2)C(=O)c2ccccc2)CC1. The van der Waals surface area contributed by atoms with Crippen LogP contribution < -0.4 is 5.32 Å². The van der Waals surface area contributed by atoms with E-state index in [1.54, 1.807) is 6.92 Å². The van der Waals surface area contributed by atoms with E-state index in [9.17, 15) is 9.59 Å². The van der Waals surface area contributed by atoms with Crippen LogP contribution in [0.2, 0.25) is 0 Å². The molecule has 142 valence electrons. The van der Waals surface area contributed by atoms with Crippen LogP contribution in [0.25, 0.3) is 0 Å². The van der Waals surface area contributed by atoms with E-state index in [2.05, 4.69) is 17.4 Å². The molecule has 1 aliphatic carbocycles. The molecule has 0 unspecified atom stereocenters. The van der Waals surface area contributed by atoms with Gasteiger partial charge in [-0.05, 0) is 49.8 Å². The molecule has 4 heteroatoms. The maximum atomic E-state index is 13.2. The molecule has 2 amide bonds. The molecule has 0 aliphatic heterocycles. The normalized spacial score (nSPS) is 19.3. The smallest absolute Gasteiger partial charge is 0.254 e. The van der Waals surface area contributed by atoms with Gasteiger partial charge in [-0.3, -0.25) is 9.59 Å². The Morgan fingerprint density at radius 2 is 1.52 bits per heavy atom. The molecule has 27 heavy (non-hydrogen) atoms. The predicted octanol–water partition coefficient (Wildman–Crippen LogP) is 3.82. The Hall–Kier alpha value is -2.62. The highest BCUT2D eigenvalue weighted by Crippen LogP contribution is 2.25. The molecule has 1 N–H and O–H groups in total. The third-order valence-corrected chi connectivity index (χ3v) is 5.31. The van der Waals surface area contributed by atoms with Gasteiger partial charge in [-0.15, -0.1) is 0 Å². The Morgan fingerprint density at radius 3 is 2.11 bits per heavy atom. The second-order valence-electron chi connectivity index (χ2n) is 7.31. The summed E-state index contributed by atoms with van der Waals surface area (Å²) in [5.41, 5.74) is 1.99. The summed E-state index contributed by atoms with van der Waals surface area (Å²) in [5, 5.41) is 3.02. The molecule has 1 fully saturated rings. The molecule has 4 nitrogen and oxygen atoms in total. The van der Waals surface area contributed by atoms with Crippen LogP contribution in [0.1, 0.15) is 48.5 Å². The van der Waals surface area contributed by atoms with Crippen LogP contribution >= 0.6 is 0 Å². The van der Waals surface area contributed by atoms with Crippen molar-refractivity contribution in [3.63, 3.8) is 0 Å². The minimum atomic E-state index is 0.0275. The molecule has 0 aromatic heterocycles. The van der Waals surface area contributed by atoms with Gasteiger partial charge in [-0.2, -0.15) is 0 Å². The van der Waals surface area contributed by atoms with Gasteiger partial charge in [-0.25, -0.2) is 0 Å². The van der Waals surface area contributed by atoms with E-state index in [1.165, 1.54) is 5.56 Å². The van der Waals surface area contributed by atoms with Crippen LogP contribution in [0.3, 0.4) is 0 Å². The van der Waals surface area contributed by atoms with E-state index >= 15 is 0 Å². The fourth-order valence-corrected chi connectivity index (χ4v) is 3.91. The average Bonchev–Trinajstić information content (AvgIpc) is 2.70. The van der Waals surface area contributed by atoms with Crippen molar-refractivity contribution >= 4 is 11.8 Å². The highest BCUT2D eigenvalue weighted by Gasteiger charge is 2.29. The molecule has 2 aromatic rings. The van der Waals surface area contributed by atoms with Gasteiger partial charge in [0, 0.05) is 31.1 Å². The largest absolute Gasteiger partial charge is 0.354 e. The van der Waals surface area contributed by atoms with Gasteiger partial charge in [0.2, 0.25) is 5.91 Å². The molecule has 0 heterocycles. The van der Waals surface area contributed by atoms with Crippen molar-refractivity contribution in [2.24, 2.45) is 0 Å². The van der Waals surface area contributed by atoms with Gasteiger partial charge < -0.3 is 10.2 Å². The molecule has 2 aromatic carbocycles. The summed E-state index contributed by atoms with van der Waals surface area (Å²) in [6, 6.07) is 20.3. The summed E-state index contributed by atoms with van der Waals surface area (Å²) < 4.78 is 0. The van der Waals surface area contributed by atoms with E-state index in [-0.39, 0.29) is 23.9 Å². The average molecular weight is 364 g/mol. The lowest BCUT2D eigenvalue weighted by molar-refractivity contribution is -0.119. The number of amides is 2. The Kier molecular flexibility index (Phi) is 6.64. The zero-order chi connectivity index (χ0) is 19.1. The van der Waals surface area contributed by atoms with Crippen molar-refractivity contribution < 1.29 is 9.59 Å². The van der Waals surface area contributed by atoms with E-state index in [4.69, 9.17) is 0 Å². The van der Waals surface area contributed by atoms with Gasteiger partial charge in [0.25, 0.3) is 5.91 Å². The summed E-state index contributed by atoms with van der Waals surface area (Å²) in [4.78, 5) is 26.5. The molecule has 0 radical (unpaired) electrons. The zero-order valence-corrected chi connectivity index (χ0v) is 15.9. The second kappa shape index (κ2) is 9.36. The van der Waals surface area contributed by atoms with Crippen LogP contribution in [0.4, 0.5) is 0 Å². The summed E-state index contributed by atoms with van der Waals surface area (Å²) in [7, 11) is 0. The topological polar surface area (TPSA) is 49.4 Å². The molecule has 0 spiro atoms. The van der Waals surface area contributed by atoms with Crippen molar-refractivity contribution in [1.82, 2.24) is 10.2 Å². The minimum absolute atomic E-state index is 0.0275. The first-order chi connectivity index (χ1) is 13.1. The number of carbonyl (C=O) groups excluding carboxylic acids is 2. The fraction of sp³-hybridized carbons (Fsp3) is 0.391. The second-order valence-corrected chi connectivity index (χ2v) is 7.31. The van der Waals surface area contributed by atoms with Crippen LogP contribution in [0.5, 0.6) is 0 Å². The third kappa shape index (κ3) is 5.43. The predicted molar refractivity (Wildman–Crippen MR) is 107 cm³/mol. The van der Waals surface area contributed by atoms with Gasteiger partial charge in [-0.1, -0.05) is 48.5 Å². The Morgan fingerprint density at radius 1 is 0.926 bits per heavy atom. The van der Waals surface area contributed by atoms with Crippen LogP contribution in [0.15, 0.2) is 60.7 Å². The Balaban J connectivity index is 1.69. The quantitative estimate of drug-likeness (QED) is 0.847. The summed E-state index contributed by atoms with van der Waals surface area (Å²) in [6.07, 6.45) is 4.56. The van der Waals surface area contributed by atoms with Crippen LogP contribution in [-0.4, -0.2) is 35.3 Å². The lowest BCUT2D eigenvalue weighted by Crippen LogP contribution is -2.46. The molecule has 0 atom stereocenters. The van der Waals surface area contributed by atoms with E-state index in [1.807, 2.05) is 53.4 Å². The summed E-state index contributed by atoms with van der Waals surface area (Å²) in [6.45, 7) is 2.28. The number of nitrogens with one attached hydrogen (secondary N) is 1. The number of carbonyl (C=O) groups is 2. The van der Waals surface area contributed by atoms with Crippen molar-refractivity contribution in [2.45, 2.75) is 51.1 Å². The first-order valence-corrected chi connectivity index (χ1v) is 9.80. The molecule has 1 aliphatic rings. The summed E-state index contributed by atoms with van der Waals surface area (Å²) >= 11 is 0. The monoisotopic (exact) mass is 364 g/mol. The zero-order valence-electron chi connectivity index (χ0n) is 15.9. The molecule has 1 saturated carbocycles. The van der Waals surface area contributed by atoms with Gasteiger partial charge in [0.05, 0.1) is 0 Å². The maximum Gasteiger partial charge on any atom is 0.254 e. The molecular weight excluding hydrogens is 336 g/mol. The van der Waals surface area contributed by atoms with Gasteiger partial charge in [0.15, 0.2) is 0 Å². The molecule has 3 rings (SSSR count). The number of nitrogens with zero attached hydrogens (tertiary/aromatic N) is 1. The Labute approximate surface area is 161 Å². The standard InChI is InChI=1S/C23H28N2O2/c1-18(26)24-21-12-14-22(15-13-21)25(17-16-19-8-4-2-5-9-19)23(27)20-10-6-3-7-11-20/h2-11,21-22H,12-17H2,1H3,(H,24,26). The van der Waals surface area contributed by atoms with Crippen molar-refractivity contribution in [2.75, 3.05) is 6.54 Å². The maximum absolute atomic E-state index is 13.2. The lowest BCUT2D eigenvalue weighted by Gasteiger charge is -2.37. The van der Waals surface area contributed by atoms with E-state index in [0.29, 0.717) is 6.54 Å². The van der Waals surface area contributed by atoms with E-state index in [0.717, 1.165) is 37.7 Å². The van der Waals surface area contributed by atoms with Crippen LogP contribution in [-0.2, 0) is 11.2 Å². The van der Waals surface area contributed by atoms with E-state index < -0.39 is 0 Å². The van der Waals surface area contributed by atoms with Gasteiger partial charge in [0.1, 0.15) is 0 Å². The number of benzene rings is 2. The van der Waals surface area contributed by atoms with Gasteiger partial charge >= 0.3 is 0 Å². The fourth-order valence-electron chi connectivity index (χ4n) is 3.91. The van der Waals surface area contributed by atoms with Crippen molar-refractivity contribution in [1.29, 1.82) is 0 Å². The first-order valence-electron chi connectivity index (χ1n) is 9.80. The van der Waals surface area contributed by atoms with Crippen LogP contribution in [0, 0.1) is 0 Å². The molecule has 0 bridgehead atoms. The number of rotatable bonds is 6. The van der Waals surface area contributed by atoms with Crippen molar-refractivity contribution in [3.8, 4) is 0 Å². The Bertz CT molecular complexity index is 737. The minimum Gasteiger partial charge on any atom is -0.354 e. The first kappa shape index (κ1) is 19.2. The lowest BCUT2D eigenvalue weighted by atomic mass is 9.89. The van der Waals surface area contributed by atoms with Crippen molar-refractivity contribution in [3.05, 3.63) is 71.8 Å². The summed E-state index contributed by atoms with van der Waals surface area (Å²) in [5.74, 6) is 0.134. The highest BCUT2D eigenvalue weighted by molar-refractivity contribution is 5.94. The highest BCUT2D eigenvalue weighted by atomic mass is 16.2.